The summed E-state index contributed by atoms with van der Waals surface area (Å²) < 4.78 is 0. The van der Waals surface area contributed by atoms with Gasteiger partial charge in [0.25, 0.3) is 0 Å². The number of rotatable bonds is 6. The lowest BCUT2D eigenvalue weighted by Gasteiger charge is -2.39. The van der Waals surface area contributed by atoms with E-state index in [0.29, 0.717) is 6.04 Å². The number of nitrogens with zero attached hydrogens (tertiary/aromatic N) is 1. The van der Waals surface area contributed by atoms with Crippen LogP contribution in [0.3, 0.4) is 0 Å². The van der Waals surface area contributed by atoms with Crippen LogP contribution in [-0.2, 0) is 0 Å². The zero-order valence-corrected chi connectivity index (χ0v) is 13.4. The molecule has 0 saturated heterocycles. The van der Waals surface area contributed by atoms with Crippen LogP contribution in [-0.4, -0.2) is 37.6 Å². The molecular formula is C16H34N2. The highest BCUT2D eigenvalue weighted by Crippen LogP contribution is 2.29. The third-order valence-corrected chi connectivity index (χ3v) is 4.31. The van der Waals surface area contributed by atoms with Gasteiger partial charge in [0.2, 0.25) is 0 Å². The summed E-state index contributed by atoms with van der Waals surface area (Å²) in [4.78, 5) is 2.32. The number of hydrogen-bond acceptors (Lipinski definition) is 2. The van der Waals surface area contributed by atoms with E-state index in [1.54, 1.807) is 0 Å². The van der Waals surface area contributed by atoms with Crippen LogP contribution < -0.4 is 5.32 Å². The maximum atomic E-state index is 3.98. The Hall–Kier alpha value is -0.0800. The number of likely N-dealkylation sites (N-methyl/N-ethyl adjacent to an activating group) is 1. The molecule has 0 bridgehead atoms. The van der Waals surface area contributed by atoms with Gasteiger partial charge >= 0.3 is 0 Å². The Balaban J connectivity index is 2.56. The second kappa shape index (κ2) is 7.49. The van der Waals surface area contributed by atoms with E-state index in [-0.39, 0.29) is 0 Å². The summed E-state index contributed by atoms with van der Waals surface area (Å²) >= 11 is 0. The van der Waals surface area contributed by atoms with Crippen LogP contribution in [0.25, 0.3) is 0 Å². The molecule has 3 atom stereocenters. The molecule has 1 saturated carbocycles. The van der Waals surface area contributed by atoms with Crippen LogP contribution in [0.5, 0.6) is 0 Å². The SMILES string of the molecule is CC(C)CC(CN(C)C)NC1C(C)CCCC1C. The smallest absolute Gasteiger partial charge is 0.0200 e. The minimum Gasteiger partial charge on any atom is -0.309 e. The maximum Gasteiger partial charge on any atom is 0.0200 e. The van der Waals surface area contributed by atoms with E-state index in [1.807, 2.05) is 0 Å². The van der Waals surface area contributed by atoms with E-state index in [4.69, 9.17) is 0 Å². The van der Waals surface area contributed by atoms with Crippen LogP contribution in [0.15, 0.2) is 0 Å². The summed E-state index contributed by atoms with van der Waals surface area (Å²) in [5.41, 5.74) is 0. The molecule has 2 heteroatoms. The fourth-order valence-electron chi connectivity index (χ4n) is 3.49. The lowest BCUT2D eigenvalue weighted by molar-refractivity contribution is 0.172. The third kappa shape index (κ3) is 5.27. The highest BCUT2D eigenvalue weighted by atomic mass is 15.1. The standard InChI is InChI=1S/C16H34N2/c1-12(2)10-15(11-18(5)6)17-16-13(3)8-7-9-14(16)4/h12-17H,7-11H2,1-6H3. The zero-order chi connectivity index (χ0) is 13.7. The molecule has 108 valence electrons. The Kier molecular flexibility index (Phi) is 6.65. The van der Waals surface area contributed by atoms with Crippen molar-refractivity contribution in [3.05, 3.63) is 0 Å². The van der Waals surface area contributed by atoms with Gasteiger partial charge in [0.05, 0.1) is 0 Å². The Morgan fingerprint density at radius 2 is 1.67 bits per heavy atom. The minimum atomic E-state index is 0.646. The average molecular weight is 254 g/mol. The molecule has 0 radical (unpaired) electrons. The van der Waals surface area contributed by atoms with Gasteiger partial charge in [0.1, 0.15) is 0 Å². The quantitative estimate of drug-likeness (QED) is 0.782. The van der Waals surface area contributed by atoms with Crippen molar-refractivity contribution in [3.63, 3.8) is 0 Å². The molecule has 1 N–H and O–H groups in total. The van der Waals surface area contributed by atoms with Gasteiger partial charge in [-0.05, 0) is 51.1 Å². The van der Waals surface area contributed by atoms with Gasteiger partial charge in [0.15, 0.2) is 0 Å². The molecule has 1 fully saturated rings. The van der Waals surface area contributed by atoms with E-state index in [0.717, 1.165) is 30.3 Å². The molecule has 1 rings (SSSR count). The molecule has 0 aromatic carbocycles. The molecule has 1 aliphatic carbocycles. The van der Waals surface area contributed by atoms with Crippen LogP contribution >= 0.6 is 0 Å². The lowest BCUT2D eigenvalue weighted by Crippen LogP contribution is -2.51. The molecule has 0 spiro atoms. The predicted octanol–water partition coefficient (Wildman–Crippen LogP) is 3.38. The second-order valence-electron chi connectivity index (χ2n) is 7.17. The predicted molar refractivity (Wildman–Crippen MR) is 80.9 cm³/mol. The number of nitrogens with one attached hydrogen (secondary N) is 1. The number of hydrogen-bond donors (Lipinski definition) is 1. The van der Waals surface area contributed by atoms with Crippen molar-refractivity contribution >= 4 is 0 Å². The largest absolute Gasteiger partial charge is 0.309 e. The summed E-state index contributed by atoms with van der Waals surface area (Å²) in [6, 6.07) is 1.37. The minimum absolute atomic E-state index is 0.646. The van der Waals surface area contributed by atoms with Gasteiger partial charge in [-0.15, -0.1) is 0 Å². The molecule has 1 aliphatic rings. The zero-order valence-electron chi connectivity index (χ0n) is 13.4. The van der Waals surface area contributed by atoms with E-state index in [1.165, 1.54) is 25.7 Å². The summed E-state index contributed by atoms with van der Waals surface area (Å²) in [6.07, 6.45) is 5.51. The molecule has 0 aromatic rings. The normalized spacial score (nSPS) is 31.0. The van der Waals surface area contributed by atoms with Crippen molar-refractivity contribution in [2.45, 2.75) is 65.5 Å². The molecule has 0 aromatic heterocycles. The molecule has 18 heavy (non-hydrogen) atoms. The van der Waals surface area contributed by atoms with Crippen LogP contribution in [0.4, 0.5) is 0 Å². The van der Waals surface area contributed by atoms with Crippen LogP contribution in [0.2, 0.25) is 0 Å². The van der Waals surface area contributed by atoms with Crippen molar-refractivity contribution < 1.29 is 0 Å². The van der Waals surface area contributed by atoms with Gasteiger partial charge < -0.3 is 10.2 Å². The molecule has 0 heterocycles. The summed E-state index contributed by atoms with van der Waals surface area (Å²) in [7, 11) is 4.37. The summed E-state index contributed by atoms with van der Waals surface area (Å²) in [5.74, 6) is 2.45. The summed E-state index contributed by atoms with van der Waals surface area (Å²) in [6.45, 7) is 10.7. The molecule has 0 aliphatic heterocycles. The Morgan fingerprint density at radius 1 is 1.11 bits per heavy atom. The first kappa shape index (κ1) is 16.0. The van der Waals surface area contributed by atoms with Crippen LogP contribution in [0, 0.1) is 17.8 Å². The van der Waals surface area contributed by atoms with E-state index >= 15 is 0 Å². The first-order chi connectivity index (χ1) is 8.40. The highest BCUT2D eigenvalue weighted by Gasteiger charge is 2.29. The van der Waals surface area contributed by atoms with Gasteiger partial charge in [0, 0.05) is 18.6 Å². The first-order valence-electron chi connectivity index (χ1n) is 7.81. The van der Waals surface area contributed by atoms with Gasteiger partial charge in [-0.1, -0.05) is 34.1 Å². The van der Waals surface area contributed by atoms with Crippen molar-refractivity contribution in [2.24, 2.45) is 17.8 Å². The van der Waals surface area contributed by atoms with Crippen molar-refractivity contribution in [3.8, 4) is 0 Å². The molecule has 0 amide bonds. The van der Waals surface area contributed by atoms with Gasteiger partial charge in [-0.2, -0.15) is 0 Å². The maximum absolute atomic E-state index is 3.98. The van der Waals surface area contributed by atoms with Crippen molar-refractivity contribution in [2.75, 3.05) is 20.6 Å². The average Bonchev–Trinajstić information content (AvgIpc) is 2.21. The Labute approximate surface area is 115 Å². The lowest BCUT2D eigenvalue weighted by atomic mass is 9.78. The second-order valence-corrected chi connectivity index (χ2v) is 7.17. The molecular weight excluding hydrogens is 220 g/mol. The van der Waals surface area contributed by atoms with Crippen LogP contribution in [0.1, 0.15) is 53.4 Å². The fraction of sp³-hybridized carbons (Fsp3) is 1.00. The van der Waals surface area contributed by atoms with Gasteiger partial charge in [-0.25, -0.2) is 0 Å². The Morgan fingerprint density at radius 3 is 2.11 bits per heavy atom. The summed E-state index contributed by atoms with van der Waals surface area (Å²) in [5, 5.41) is 3.98. The topological polar surface area (TPSA) is 15.3 Å². The van der Waals surface area contributed by atoms with E-state index in [9.17, 15) is 0 Å². The monoisotopic (exact) mass is 254 g/mol. The van der Waals surface area contributed by atoms with Crippen molar-refractivity contribution in [1.29, 1.82) is 0 Å². The molecule has 2 nitrogen and oxygen atoms in total. The molecule has 3 unspecified atom stereocenters. The Bertz CT molecular complexity index is 205. The highest BCUT2D eigenvalue weighted by molar-refractivity contribution is 4.87. The fourth-order valence-corrected chi connectivity index (χ4v) is 3.49. The van der Waals surface area contributed by atoms with E-state index < -0.39 is 0 Å². The third-order valence-electron chi connectivity index (χ3n) is 4.31. The first-order valence-corrected chi connectivity index (χ1v) is 7.81. The van der Waals surface area contributed by atoms with E-state index in [2.05, 4.69) is 52.0 Å². The van der Waals surface area contributed by atoms with Crippen molar-refractivity contribution in [1.82, 2.24) is 10.2 Å². The van der Waals surface area contributed by atoms with Gasteiger partial charge in [-0.3, -0.25) is 0 Å².